The van der Waals surface area contributed by atoms with Crippen LogP contribution in [-0.4, -0.2) is 48.9 Å². The lowest BCUT2D eigenvalue weighted by molar-refractivity contribution is -0.141. The Bertz CT molecular complexity index is 973. The fourth-order valence-corrected chi connectivity index (χ4v) is 4.15. The van der Waals surface area contributed by atoms with Crippen LogP contribution in [0, 0.1) is 5.92 Å². The van der Waals surface area contributed by atoms with Crippen LogP contribution in [0.4, 0.5) is 19.0 Å². The van der Waals surface area contributed by atoms with Crippen molar-refractivity contribution in [2.75, 3.05) is 29.5 Å². The van der Waals surface area contributed by atoms with E-state index < -0.39 is 11.9 Å². The number of rotatable bonds is 5. The first-order chi connectivity index (χ1) is 13.5. The molecular formula is C18H19F3N6S. The van der Waals surface area contributed by atoms with Crippen LogP contribution in [0.2, 0.25) is 0 Å². The summed E-state index contributed by atoms with van der Waals surface area (Å²) in [6.07, 6.45) is 1.73. The SMILES string of the molecule is CCSCC1CCN(c2ccnc(-c3cnc4cnc(C(F)(F)F)cn34)n2)C1. The van der Waals surface area contributed by atoms with E-state index in [1.165, 1.54) is 10.6 Å². The highest BCUT2D eigenvalue weighted by molar-refractivity contribution is 7.99. The minimum absolute atomic E-state index is 0.315. The topological polar surface area (TPSA) is 59.2 Å². The molecule has 0 amide bonds. The lowest BCUT2D eigenvalue weighted by Gasteiger charge is -2.17. The highest BCUT2D eigenvalue weighted by Gasteiger charge is 2.33. The molecule has 148 valence electrons. The number of fused-ring (bicyclic) bond motifs is 1. The zero-order valence-electron chi connectivity index (χ0n) is 15.2. The molecule has 0 N–H and O–H groups in total. The van der Waals surface area contributed by atoms with E-state index in [1.807, 2.05) is 17.8 Å². The second-order valence-electron chi connectivity index (χ2n) is 6.64. The van der Waals surface area contributed by atoms with Crippen molar-refractivity contribution in [3.63, 3.8) is 0 Å². The third-order valence-electron chi connectivity index (χ3n) is 4.72. The number of aromatic nitrogens is 5. The fraction of sp³-hybridized carbons (Fsp3) is 0.444. The van der Waals surface area contributed by atoms with Gasteiger partial charge in [0, 0.05) is 25.5 Å². The summed E-state index contributed by atoms with van der Waals surface area (Å²) in [7, 11) is 0. The van der Waals surface area contributed by atoms with Crippen molar-refractivity contribution < 1.29 is 13.2 Å². The van der Waals surface area contributed by atoms with E-state index in [4.69, 9.17) is 0 Å². The van der Waals surface area contributed by atoms with Gasteiger partial charge in [0.15, 0.2) is 17.2 Å². The molecule has 1 aliphatic heterocycles. The third kappa shape index (κ3) is 3.78. The number of hydrogen-bond acceptors (Lipinski definition) is 6. The Kier molecular flexibility index (Phi) is 5.13. The molecule has 4 heterocycles. The molecule has 0 spiro atoms. The van der Waals surface area contributed by atoms with Crippen LogP contribution in [0.25, 0.3) is 17.2 Å². The van der Waals surface area contributed by atoms with Crippen molar-refractivity contribution in [1.29, 1.82) is 0 Å². The fourth-order valence-electron chi connectivity index (χ4n) is 3.31. The number of hydrogen-bond donors (Lipinski definition) is 0. The quantitative estimate of drug-likeness (QED) is 0.640. The first-order valence-electron chi connectivity index (χ1n) is 9.02. The van der Waals surface area contributed by atoms with Crippen LogP contribution in [0.5, 0.6) is 0 Å². The van der Waals surface area contributed by atoms with Crippen LogP contribution in [0.1, 0.15) is 19.0 Å². The number of anilines is 1. The number of halogens is 3. The Labute approximate surface area is 164 Å². The maximum Gasteiger partial charge on any atom is 0.434 e. The summed E-state index contributed by atoms with van der Waals surface area (Å²) < 4.78 is 40.4. The normalized spacial score (nSPS) is 17.6. The summed E-state index contributed by atoms with van der Waals surface area (Å²) in [6, 6.07) is 1.84. The van der Waals surface area contributed by atoms with Crippen LogP contribution in [0.15, 0.2) is 30.9 Å². The summed E-state index contributed by atoms with van der Waals surface area (Å²) in [5.41, 5.74) is -0.261. The highest BCUT2D eigenvalue weighted by atomic mass is 32.2. The first kappa shape index (κ1) is 19.0. The molecule has 0 aliphatic carbocycles. The smallest absolute Gasteiger partial charge is 0.356 e. The van der Waals surface area contributed by atoms with E-state index in [0.717, 1.165) is 49.2 Å². The van der Waals surface area contributed by atoms with Gasteiger partial charge in [0.2, 0.25) is 0 Å². The van der Waals surface area contributed by atoms with Gasteiger partial charge in [0.1, 0.15) is 11.5 Å². The third-order valence-corrected chi connectivity index (χ3v) is 5.84. The first-order valence-corrected chi connectivity index (χ1v) is 10.2. The largest absolute Gasteiger partial charge is 0.434 e. The highest BCUT2D eigenvalue weighted by Crippen LogP contribution is 2.29. The zero-order chi connectivity index (χ0) is 19.7. The standard InChI is InChI=1S/C18H19F3N6S/c1-2-28-11-12-4-6-26(9-12)15-3-5-22-17(25-15)13-7-24-16-8-23-14(10-27(13)16)18(19,20)21/h3,5,7-8,10,12H,2,4,6,9,11H2,1H3. The van der Waals surface area contributed by atoms with Gasteiger partial charge < -0.3 is 4.90 Å². The Balaban J connectivity index is 1.63. The second-order valence-corrected chi connectivity index (χ2v) is 7.96. The van der Waals surface area contributed by atoms with Crippen molar-refractivity contribution in [3.05, 3.63) is 36.5 Å². The Morgan fingerprint density at radius 1 is 1.21 bits per heavy atom. The second kappa shape index (κ2) is 7.57. The van der Waals surface area contributed by atoms with Crippen molar-refractivity contribution >= 4 is 23.2 Å². The molecule has 0 bridgehead atoms. The zero-order valence-corrected chi connectivity index (χ0v) is 16.0. The molecule has 0 aromatic carbocycles. The molecule has 1 saturated heterocycles. The Morgan fingerprint density at radius 2 is 2.07 bits per heavy atom. The molecular weight excluding hydrogens is 389 g/mol. The molecule has 28 heavy (non-hydrogen) atoms. The monoisotopic (exact) mass is 408 g/mol. The summed E-state index contributed by atoms with van der Waals surface area (Å²) in [5.74, 6) is 3.99. The molecule has 10 heteroatoms. The van der Waals surface area contributed by atoms with Gasteiger partial charge in [-0.25, -0.2) is 19.9 Å². The predicted molar refractivity (Wildman–Crippen MR) is 102 cm³/mol. The molecule has 1 atom stereocenters. The molecule has 1 fully saturated rings. The molecule has 4 rings (SSSR count). The van der Waals surface area contributed by atoms with Crippen LogP contribution in [-0.2, 0) is 6.18 Å². The molecule has 3 aromatic heterocycles. The average Bonchev–Trinajstić information content (AvgIpc) is 3.32. The molecule has 0 saturated carbocycles. The van der Waals surface area contributed by atoms with Gasteiger partial charge in [0.05, 0.1) is 12.4 Å². The lowest BCUT2D eigenvalue weighted by atomic mass is 10.2. The Hall–Kier alpha value is -2.36. The van der Waals surface area contributed by atoms with Crippen molar-refractivity contribution in [2.45, 2.75) is 19.5 Å². The van der Waals surface area contributed by atoms with E-state index in [9.17, 15) is 13.2 Å². The van der Waals surface area contributed by atoms with Crippen LogP contribution >= 0.6 is 11.8 Å². The lowest BCUT2D eigenvalue weighted by Crippen LogP contribution is -2.21. The van der Waals surface area contributed by atoms with E-state index >= 15 is 0 Å². The van der Waals surface area contributed by atoms with Gasteiger partial charge in [-0.3, -0.25) is 4.40 Å². The van der Waals surface area contributed by atoms with Crippen molar-refractivity contribution in [3.8, 4) is 11.5 Å². The molecule has 1 aliphatic rings. The summed E-state index contributed by atoms with van der Waals surface area (Å²) in [6.45, 7) is 4.00. The van der Waals surface area contributed by atoms with Gasteiger partial charge in [0.25, 0.3) is 0 Å². The minimum atomic E-state index is -4.53. The Morgan fingerprint density at radius 3 is 2.86 bits per heavy atom. The van der Waals surface area contributed by atoms with Gasteiger partial charge in [-0.05, 0) is 29.9 Å². The van der Waals surface area contributed by atoms with E-state index in [1.54, 1.807) is 6.20 Å². The summed E-state index contributed by atoms with van der Waals surface area (Å²) in [5, 5.41) is 0. The van der Waals surface area contributed by atoms with E-state index in [0.29, 0.717) is 23.1 Å². The van der Waals surface area contributed by atoms with E-state index in [2.05, 4.69) is 31.8 Å². The maximum absolute atomic E-state index is 13.0. The number of thioether (sulfide) groups is 1. The van der Waals surface area contributed by atoms with Gasteiger partial charge in [-0.15, -0.1) is 0 Å². The van der Waals surface area contributed by atoms with Crippen molar-refractivity contribution in [2.24, 2.45) is 5.92 Å². The predicted octanol–water partition coefficient (Wildman–Crippen LogP) is 3.78. The summed E-state index contributed by atoms with van der Waals surface area (Å²) >= 11 is 1.94. The molecule has 6 nitrogen and oxygen atoms in total. The minimum Gasteiger partial charge on any atom is -0.356 e. The average molecular weight is 408 g/mol. The molecule has 3 aromatic rings. The molecule has 1 unspecified atom stereocenters. The number of alkyl halides is 3. The van der Waals surface area contributed by atoms with Crippen LogP contribution < -0.4 is 4.90 Å². The number of imidazole rings is 1. The summed E-state index contributed by atoms with van der Waals surface area (Å²) in [4.78, 5) is 18.6. The van der Waals surface area contributed by atoms with Crippen LogP contribution in [0.3, 0.4) is 0 Å². The van der Waals surface area contributed by atoms with E-state index in [-0.39, 0.29) is 0 Å². The van der Waals surface area contributed by atoms with Gasteiger partial charge in [-0.2, -0.15) is 24.9 Å². The molecule has 0 radical (unpaired) electrons. The van der Waals surface area contributed by atoms with Gasteiger partial charge >= 0.3 is 6.18 Å². The number of nitrogens with zero attached hydrogens (tertiary/aromatic N) is 6. The van der Waals surface area contributed by atoms with Gasteiger partial charge in [-0.1, -0.05) is 6.92 Å². The maximum atomic E-state index is 13.0. The van der Waals surface area contributed by atoms with Crippen molar-refractivity contribution in [1.82, 2.24) is 24.3 Å².